The fraction of sp³-hybridized carbons (Fsp3) is 0.583. The number of nitrogens with one attached hydrogen (secondary N) is 1. The van der Waals surface area contributed by atoms with E-state index in [2.05, 4.69) is 35.7 Å². The maximum absolute atomic E-state index is 11.8. The van der Waals surface area contributed by atoms with Crippen molar-refractivity contribution >= 4 is 11.3 Å². The molecule has 17 heavy (non-hydrogen) atoms. The van der Waals surface area contributed by atoms with Crippen LogP contribution in [0, 0.1) is 0 Å². The van der Waals surface area contributed by atoms with Gasteiger partial charge in [-0.25, -0.2) is 14.8 Å². The Kier molecular flexibility index (Phi) is 2.56. The lowest BCUT2D eigenvalue weighted by atomic mass is 9.93. The summed E-state index contributed by atoms with van der Waals surface area (Å²) in [5.74, 6) is 0. The Hall–Kier alpha value is -1.65. The fourth-order valence-electron chi connectivity index (χ4n) is 1.73. The average Bonchev–Trinajstić information content (AvgIpc) is 2.50. The van der Waals surface area contributed by atoms with Crippen LogP contribution in [0.3, 0.4) is 0 Å². The van der Waals surface area contributed by atoms with Crippen LogP contribution in [0.2, 0.25) is 0 Å². The van der Waals surface area contributed by atoms with Crippen molar-refractivity contribution in [2.24, 2.45) is 0 Å². The first-order chi connectivity index (χ1) is 7.80. The first-order valence-corrected chi connectivity index (χ1v) is 5.78. The third-order valence-electron chi connectivity index (χ3n) is 2.71. The van der Waals surface area contributed by atoms with Crippen molar-refractivity contribution in [3.63, 3.8) is 0 Å². The molecule has 2 aromatic rings. The van der Waals surface area contributed by atoms with Crippen LogP contribution in [0.4, 0.5) is 0 Å². The molecule has 0 amide bonds. The van der Waals surface area contributed by atoms with Crippen molar-refractivity contribution in [2.45, 2.75) is 46.1 Å². The highest BCUT2D eigenvalue weighted by atomic mass is 16.1. The lowest BCUT2D eigenvalue weighted by Gasteiger charge is -2.17. The van der Waals surface area contributed by atoms with E-state index in [0.717, 1.165) is 5.69 Å². The minimum Gasteiger partial charge on any atom is -0.289 e. The summed E-state index contributed by atoms with van der Waals surface area (Å²) < 4.78 is 1.64. The molecule has 0 radical (unpaired) electrons. The van der Waals surface area contributed by atoms with E-state index in [9.17, 15) is 4.79 Å². The molecular formula is C12H18N4O. The third-order valence-corrected chi connectivity index (χ3v) is 2.71. The highest BCUT2D eigenvalue weighted by Crippen LogP contribution is 2.21. The molecule has 0 aromatic carbocycles. The summed E-state index contributed by atoms with van der Waals surface area (Å²) in [6, 6.07) is 0.0702. The number of hydrogen-bond acceptors (Lipinski definition) is 3. The molecule has 0 unspecified atom stereocenters. The van der Waals surface area contributed by atoms with Crippen LogP contribution in [0.1, 0.15) is 46.4 Å². The first kappa shape index (κ1) is 11.8. The second-order valence-electron chi connectivity index (χ2n) is 5.57. The van der Waals surface area contributed by atoms with Gasteiger partial charge in [0.05, 0.1) is 11.9 Å². The maximum atomic E-state index is 11.8. The van der Waals surface area contributed by atoms with Gasteiger partial charge in [0.15, 0.2) is 11.3 Å². The zero-order valence-corrected chi connectivity index (χ0v) is 10.9. The van der Waals surface area contributed by atoms with Gasteiger partial charge in [0.1, 0.15) is 0 Å². The molecule has 0 spiro atoms. The molecule has 2 heterocycles. The molecular weight excluding hydrogens is 216 g/mol. The van der Waals surface area contributed by atoms with Crippen LogP contribution in [-0.4, -0.2) is 19.5 Å². The van der Waals surface area contributed by atoms with Crippen LogP contribution in [0.5, 0.6) is 0 Å². The van der Waals surface area contributed by atoms with Gasteiger partial charge in [0, 0.05) is 11.5 Å². The van der Waals surface area contributed by atoms with Gasteiger partial charge >= 0.3 is 5.69 Å². The lowest BCUT2D eigenvalue weighted by molar-refractivity contribution is 0.559. The molecule has 92 valence electrons. The SMILES string of the molecule is CC(C)n1c(=O)[nH]c2ncc(C(C)(C)C)nc21. The second-order valence-corrected chi connectivity index (χ2v) is 5.57. The summed E-state index contributed by atoms with van der Waals surface area (Å²) >= 11 is 0. The van der Waals surface area contributed by atoms with Crippen LogP contribution in [0.15, 0.2) is 11.0 Å². The van der Waals surface area contributed by atoms with Crippen molar-refractivity contribution in [3.05, 3.63) is 22.4 Å². The molecule has 5 nitrogen and oxygen atoms in total. The van der Waals surface area contributed by atoms with Gasteiger partial charge in [-0.1, -0.05) is 20.8 Å². The number of aromatic amines is 1. The van der Waals surface area contributed by atoms with Crippen molar-refractivity contribution in [1.82, 2.24) is 19.5 Å². The van der Waals surface area contributed by atoms with Crippen molar-refractivity contribution in [3.8, 4) is 0 Å². The van der Waals surface area contributed by atoms with Crippen molar-refractivity contribution < 1.29 is 0 Å². The highest BCUT2D eigenvalue weighted by Gasteiger charge is 2.19. The molecule has 1 N–H and O–H groups in total. The van der Waals surface area contributed by atoms with E-state index in [0.29, 0.717) is 11.3 Å². The molecule has 0 aliphatic carbocycles. The molecule has 2 aromatic heterocycles. The fourth-order valence-corrected chi connectivity index (χ4v) is 1.73. The first-order valence-electron chi connectivity index (χ1n) is 5.78. The number of nitrogens with zero attached hydrogens (tertiary/aromatic N) is 3. The summed E-state index contributed by atoms with van der Waals surface area (Å²) in [5, 5.41) is 0. The molecule has 5 heteroatoms. The van der Waals surface area contributed by atoms with E-state index < -0.39 is 0 Å². The molecule has 2 rings (SSSR count). The van der Waals surface area contributed by atoms with Gasteiger partial charge in [-0.2, -0.15) is 0 Å². The number of rotatable bonds is 1. The number of hydrogen-bond donors (Lipinski definition) is 1. The molecule has 0 fully saturated rings. The van der Waals surface area contributed by atoms with Gasteiger partial charge in [-0.05, 0) is 13.8 Å². The second kappa shape index (κ2) is 3.68. The van der Waals surface area contributed by atoms with E-state index in [-0.39, 0.29) is 17.1 Å². The van der Waals surface area contributed by atoms with E-state index >= 15 is 0 Å². The minimum absolute atomic E-state index is 0.0702. The number of imidazole rings is 1. The van der Waals surface area contributed by atoms with E-state index in [1.165, 1.54) is 0 Å². The standard InChI is InChI=1S/C12H18N4O/c1-7(2)16-10-9(15-11(16)17)13-6-8(14-10)12(3,4)5/h6-7H,1-5H3,(H,13,15,17). The van der Waals surface area contributed by atoms with Crippen LogP contribution >= 0.6 is 0 Å². The highest BCUT2D eigenvalue weighted by molar-refractivity contribution is 5.65. The topological polar surface area (TPSA) is 63.6 Å². The van der Waals surface area contributed by atoms with Gasteiger partial charge in [-0.3, -0.25) is 9.55 Å². The Bertz CT molecular complexity index is 601. The summed E-state index contributed by atoms with van der Waals surface area (Å²) in [7, 11) is 0. The van der Waals surface area contributed by atoms with Gasteiger partial charge in [0.2, 0.25) is 0 Å². The molecule has 0 aliphatic heterocycles. The quantitative estimate of drug-likeness (QED) is 0.820. The normalized spacial score (nSPS) is 12.6. The zero-order valence-electron chi connectivity index (χ0n) is 10.9. The summed E-state index contributed by atoms with van der Waals surface area (Å²) in [6.45, 7) is 10.1. The summed E-state index contributed by atoms with van der Waals surface area (Å²) in [5.41, 5.74) is 1.85. The predicted molar refractivity (Wildman–Crippen MR) is 67.2 cm³/mol. The molecule has 0 saturated heterocycles. The Morgan fingerprint density at radius 3 is 2.53 bits per heavy atom. The van der Waals surface area contributed by atoms with Gasteiger partial charge < -0.3 is 0 Å². The predicted octanol–water partition coefficient (Wildman–Crippen LogP) is 2.00. The van der Waals surface area contributed by atoms with E-state index in [1.807, 2.05) is 13.8 Å². The zero-order chi connectivity index (χ0) is 12.8. The Morgan fingerprint density at radius 2 is 2.00 bits per heavy atom. The van der Waals surface area contributed by atoms with E-state index in [1.54, 1.807) is 10.8 Å². The molecule has 0 aliphatic rings. The summed E-state index contributed by atoms with van der Waals surface area (Å²) in [4.78, 5) is 23.3. The van der Waals surface area contributed by atoms with Crippen molar-refractivity contribution in [2.75, 3.05) is 0 Å². The molecule has 0 atom stereocenters. The number of H-pyrrole nitrogens is 1. The maximum Gasteiger partial charge on any atom is 0.329 e. The third kappa shape index (κ3) is 1.97. The number of aromatic nitrogens is 4. The van der Waals surface area contributed by atoms with Gasteiger partial charge in [0.25, 0.3) is 0 Å². The smallest absolute Gasteiger partial charge is 0.289 e. The lowest BCUT2D eigenvalue weighted by Crippen LogP contribution is -2.20. The largest absolute Gasteiger partial charge is 0.329 e. The monoisotopic (exact) mass is 234 g/mol. The Labute approximate surface area is 99.9 Å². The van der Waals surface area contributed by atoms with Crippen LogP contribution in [0.25, 0.3) is 11.3 Å². The summed E-state index contributed by atoms with van der Waals surface area (Å²) in [6.07, 6.45) is 1.73. The van der Waals surface area contributed by atoms with E-state index in [4.69, 9.17) is 0 Å². The average molecular weight is 234 g/mol. The number of fused-ring (bicyclic) bond motifs is 1. The molecule has 0 bridgehead atoms. The molecule has 0 saturated carbocycles. The minimum atomic E-state index is -0.152. The Balaban J connectivity index is 2.76. The Morgan fingerprint density at radius 1 is 1.35 bits per heavy atom. The van der Waals surface area contributed by atoms with Crippen molar-refractivity contribution in [1.29, 1.82) is 0 Å². The van der Waals surface area contributed by atoms with Crippen LogP contribution < -0.4 is 5.69 Å². The van der Waals surface area contributed by atoms with Gasteiger partial charge in [-0.15, -0.1) is 0 Å². The van der Waals surface area contributed by atoms with Crippen LogP contribution in [-0.2, 0) is 5.41 Å².